The van der Waals surface area contributed by atoms with Crippen LogP contribution in [0.25, 0.3) is 11.4 Å². The molecule has 0 unspecified atom stereocenters. The van der Waals surface area contributed by atoms with Crippen molar-refractivity contribution in [3.8, 4) is 11.4 Å². The molecule has 2 aromatic heterocycles. The molecule has 0 saturated carbocycles. The number of benzene rings is 1. The average Bonchev–Trinajstić information content (AvgIpc) is 3.23. The van der Waals surface area contributed by atoms with Crippen LogP contribution in [0.4, 0.5) is 11.9 Å². The van der Waals surface area contributed by atoms with E-state index in [2.05, 4.69) is 43.8 Å². The molecule has 4 rings (SSSR count). The molecule has 0 atom stereocenters. The molecule has 3 heterocycles. The van der Waals surface area contributed by atoms with Gasteiger partial charge in [0, 0.05) is 56.8 Å². The van der Waals surface area contributed by atoms with E-state index in [1.165, 1.54) is 0 Å². The third-order valence-corrected chi connectivity index (χ3v) is 5.38. The van der Waals surface area contributed by atoms with Gasteiger partial charge < -0.3 is 14.3 Å². The third kappa shape index (κ3) is 5.11. The molecule has 0 radical (unpaired) electrons. The molecule has 0 bridgehead atoms. The lowest BCUT2D eigenvalue weighted by atomic mass is 10.2. The van der Waals surface area contributed by atoms with Gasteiger partial charge in [-0.3, -0.25) is 4.90 Å². The number of aromatic nitrogens is 5. The summed E-state index contributed by atoms with van der Waals surface area (Å²) in [6.07, 6.45) is 0. The Bertz CT molecular complexity index is 986. The number of rotatable bonds is 6. The lowest BCUT2D eigenvalue weighted by Gasteiger charge is -2.34. The van der Waals surface area contributed by atoms with Crippen molar-refractivity contribution in [3.63, 3.8) is 0 Å². The molecule has 1 aromatic carbocycles. The van der Waals surface area contributed by atoms with E-state index in [0.717, 1.165) is 43.5 Å². The Hall–Kier alpha value is -2.78. The van der Waals surface area contributed by atoms with Crippen LogP contribution in [0.15, 0.2) is 28.8 Å². The molecule has 1 aliphatic heterocycles. The Morgan fingerprint density at radius 3 is 2.35 bits per heavy atom. The number of halogens is 1. The van der Waals surface area contributed by atoms with E-state index in [1.54, 1.807) is 0 Å². The maximum atomic E-state index is 5.95. The van der Waals surface area contributed by atoms with Gasteiger partial charge in [0.1, 0.15) is 5.82 Å². The minimum Gasteiger partial charge on any atom is -0.347 e. The van der Waals surface area contributed by atoms with Gasteiger partial charge >= 0.3 is 0 Å². The van der Waals surface area contributed by atoms with Gasteiger partial charge in [0.25, 0.3) is 0 Å². The first kappa shape index (κ1) is 21.5. The summed E-state index contributed by atoms with van der Waals surface area (Å²) in [5, 5.41) is 4.78. The maximum Gasteiger partial charge on any atom is 0.241 e. The van der Waals surface area contributed by atoms with E-state index < -0.39 is 0 Å². The fourth-order valence-corrected chi connectivity index (χ4v) is 3.43. The van der Waals surface area contributed by atoms with Gasteiger partial charge in [-0.15, -0.1) is 0 Å². The van der Waals surface area contributed by atoms with Crippen LogP contribution in [0, 0.1) is 0 Å². The van der Waals surface area contributed by atoms with Crippen molar-refractivity contribution in [3.05, 3.63) is 41.0 Å². The lowest BCUT2D eigenvalue weighted by Crippen LogP contribution is -2.46. The van der Waals surface area contributed by atoms with Crippen LogP contribution in [0.2, 0.25) is 5.02 Å². The second-order valence-electron chi connectivity index (χ2n) is 8.12. The number of hydrogen-bond donors (Lipinski definition) is 0. The zero-order valence-electron chi connectivity index (χ0n) is 18.3. The van der Waals surface area contributed by atoms with E-state index in [0.29, 0.717) is 29.2 Å². The van der Waals surface area contributed by atoms with Crippen molar-refractivity contribution in [1.82, 2.24) is 30.0 Å². The highest BCUT2D eigenvalue weighted by Crippen LogP contribution is 2.21. The van der Waals surface area contributed by atoms with Crippen molar-refractivity contribution >= 4 is 23.5 Å². The van der Waals surface area contributed by atoms with Crippen molar-refractivity contribution < 1.29 is 4.52 Å². The molecule has 0 amide bonds. The van der Waals surface area contributed by atoms with Crippen molar-refractivity contribution in [2.45, 2.75) is 26.3 Å². The largest absolute Gasteiger partial charge is 0.347 e. The number of piperazine rings is 1. The first-order valence-corrected chi connectivity index (χ1v) is 10.8. The highest BCUT2D eigenvalue weighted by Gasteiger charge is 2.23. The molecule has 1 saturated heterocycles. The summed E-state index contributed by atoms with van der Waals surface area (Å²) in [5.41, 5.74) is 0.886. The first-order valence-electron chi connectivity index (χ1n) is 10.4. The smallest absolute Gasteiger partial charge is 0.241 e. The molecule has 164 valence electrons. The van der Waals surface area contributed by atoms with E-state index in [-0.39, 0.29) is 5.92 Å². The van der Waals surface area contributed by atoms with Crippen LogP contribution in [0.5, 0.6) is 0 Å². The van der Waals surface area contributed by atoms with Crippen LogP contribution in [0.1, 0.15) is 31.5 Å². The Balaban J connectivity index is 1.39. The standard InChI is InChI=1S/C21H27ClN8O/c1-14(2)18-24-20(28(3)4)26-21(25-18)30-11-9-29(10-12-30)13-17-23-19(27-31-17)15-5-7-16(22)8-6-15/h5-8,14H,9-13H2,1-4H3. The molecule has 3 aromatic rings. The second kappa shape index (κ2) is 9.15. The SMILES string of the molecule is CC(C)c1nc(N(C)C)nc(N2CCN(Cc3nc(-c4ccc(Cl)cc4)no3)CC2)n1. The van der Waals surface area contributed by atoms with Crippen LogP contribution < -0.4 is 9.80 Å². The Morgan fingerprint density at radius 1 is 1.00 bits per heavy atom. The van der Waals surface area contributed by atoms with Crippen molar-refractivity contribution in [2.75, 3.05) is 50.1 Å². The van der Waals surface area contributed by atoms with Crippen molar-refractivity contribution in [2.24, 2.45) is 0 Å². The summed E-state index contributed by atoms with van der Waals surface area (Å²) in [4.78, 5) is 24.9. The van der Waals surface area contributed by atoms with Gasteiger partial charge in [0.05, 0.1) is 6.54 Å². The summed E-state index contributed by atoms with van der Waals surface area (Å²) in [7, 11) is 3.90. The van der Waals surface area contributed by atoms with E-state index in [1.807, 2.05) is 43.3 Å². The molecule has 1 aliphatic rings. The fraction of sp³-hybridized carbons (Fsp3) is 0.476. The summed E-state index contributed by atoms with van der Waals surface area (Å²) < 4.78 is 5.46. The third-order valence-electron chi connectivity index (χ3n) is 5.13. The normalized spacial score (nSPS) is 15.0. The summed E-state index contributed by atoms with van der Waals surface area (Å²) >= 11 is 5.95. The molecule has 1 fully saturated rings. The van der Waals surface area contributed by atoms with Gasteiger partial charge in [0.15, 0.2) is 0 Å². The minimum atomic E-state index is 0.245. The van der Waals surface area contributed by atoms with Crippen LogP contribution in [0.3, 0.4) is 0 Å². The summed E-state index contributed by atoms with van der Waals surface area (Å²) in [6.45, 7) is 8.18. The molecule has 31 heavy (non-hydrogen) atoms. The second-order valence-corrected chi connectivity index (χ2v) is 8.56. The Morgan fingerprint density at radius 2 is 1.71 bits per heavy atom. The van der Waals surface area contributed by atoms with Gasteiger partial charge in [-0.2, -0.15) is 19.9 Å². The van der Waals surface area contributed by atoms with Crippen molar-refractivity contribution in [1.29, 1.82) is 0 Å². The van der Waals surface area contributed by atoms with Gasteiger partial charge in [-0.25, -0.2) is 0 Å². The summed E-state index contributed by atoms with van der Waals surface area (Å²) in [6, 6.07) is 7.41. The van der Waals surface area contributed by atoms with Crippen LogP contribution in [-0.4, -0.2) is 70.3 Å². The molecule has 10 heteroatoms. The molecule has 0 aliphatic carbocycles. The lowest BCUT2D eigenvalue weighted by molar-refractivity contribution is 0.214. The molecule has 0 spiro atoms. The van der Waals surface area contributed by atoms with Crippen LogP contribution >= 0.6 is 11.6 Å². The van der Waals surface area contributed by atoms with Gasteiger partial charge in [-0.05, 0) is 24.3 Å². The minimum absolute atomic E-state index is 0.245. The molecular weight excluding hydrogens is 416 g/mol. The number of hydrogen-bond acceptors (Lipinski definition) is 9. The van der Waals surface area contributed by atoms with Crippen LogP contribution in [-0.2, 0) is 6.54 Å². The fourth-order valence-electron chi connectivity index (χ4n) is 3.30. The van der Waals surface area contributed by atoms with Gasteiger partial charge in [0.2, 0.25) is 23.6 Å². The molecular formula is C21H27ClN8O. The first-order chi connectivity index (χ1) is 14.9. The predicted molar refractivity (Wildman–Crippen MR) is 120 cm³/mol. The quantitative estimate of drug-likeness (QED) is 0.571. The highest BCUT2D eigenvalue weighted by atomic mass is 35.5. The van der Waals surface area contributed by atoms with E-state index >= 15 is 0 Å². The molecule has 9 nitrogen and oxygen atoms in total. The van der Waals surface area contributed by atoms with E-state index in [9.17, 15) is 0 Å². The summed E-state index contributed by atoms with van der Waals surface area (Å²) in [5.74, 6) is 3.68. The number of nitrogens with zero attached hydrogens (tertiary/aromatic N) is 8. The maximum absolute atomic E-state index is 5.95. The topological polar surface area (TPSA) is 87.3 Å². The Labute approximate surface area is 187 Å². The van der Waals surface area contributed by atoms with Gasteiger partial charge in [-0.1, -0.05) is 30.6 Å². The zero-order chi connectivity index (χ0) is 22.0. The highest BCUT2D eigenvalue weighted by molar-refractivity contribution is 6.30. The average molecular weight is 443 g/mol. The van der Waals surface area contributed by atoms with E-state index in [4.69, 9.17) is 21.1 Å². The monoisotopic (exact) mass is 442 g/mol. The Kier molecular flexibility index (Phi) is 6.33. The molecule has 0 N–H and O–H groups in total. The predicted octanol–water partition coefficient (Wildman–Crippen LogP) is 3.09. The number of anilines is 2. The zero-order valence-corrected chi connectivity index (χ0v) is 19.0.